The number of ether oxygens (including phenoxy) is 2. The van der Waals surface area contributed by atoms with Gasteiger partial charge in [0.2, 0.25) is 0 Å². The van der Waals surface area contributed by atoms with Crippen LogP contribution in [0.25, 0.3) is 0 Å². The Morgan fingerprint density at radius 3 is 2.00 bits per heavy atom. The molecular weight excluding hydrogens is 318 g/mol. The molecule has 0 heterocycles. The molecule has 0 aromatic heterocycles. The molecule has 0 aliphatic heterocycles. The van der Waals surface area contributed by atoms with Gasteiger partial charge in [-0.15, -0.1) is 6.58 Å². The molecule has 0 fully saturated rings. The van der Waals surface area contributed by atoms with Gasteiger partial charge >= 0.3 is 12.1 Å². The Labute approximate surface area is 153 Å². The number of nitrogens with one attached hydrogen (secondary N) is 1. The number of esters is 1. The smallest absolute Gasteiger partial charge is 0.407 e. The van der Waals surface area contributed by atoms with Crippen LogP contribution in [0.4, 0.5) is 4.79 Å². The van der Waals surface area contributed by atoms with Crippen molar-refractivity contribution in [2.45, 2.75) is 90.5 Å². The third kappa shape index (κ3) is 14.5. The van der Waals surface area contributed by atoms with Crippen LogP contribution in [0.5, 0.6) is 0 Å². The van der Waals surface area contributed by atoms with Gasteiger partial charge < -0.3 is 14.8 Å². The summed E-state index contributed by atoms with van der Waals surface area (Å²) in [6.45, 7) is 8.21. The molecule has 1 unspecified atom stereocenters. The molecule has 1 amide bonds. The average Bonchev–Trinajstić information content (AvgIpc) is 2.59. The van der Waals surface area contributed by atoms with Crippen LogP contribution in [0, 0.1) is 0 Å². The molecule has 0 saturated carbocycles. The van der Waals surface area contributed by atoms with E-state index >= 15 is 0 Å². The maximum atomic E-state index is 12.0. The standard InChI is InChI=1S/C20H37NO4/c1-4-7-8-9-10-11-12-13-14-15-17-25-19(22)18(16-5-2)21-20(23)24-6-3/h5,18H,2,4,6-17H2,1,3H3,(H,21,23). The summed E-state index contributed by atoms with van der Waals surface area (Å²) in [6, 6.07) is -0.723. The highest BCUT2D eigenvalue weighted by atomic mass is 16.6. The number of rotatable bonds is 16. The van der Waals surface area contributed by atoms with E-state index in [2.05, 4.69) is 18.8 Å². The highest BCUT2D eigenvalue weighted by molar-refractivity contribution is 5.81. The van der Waals surface area contributed by atoms with E-state index in [9.17, 15) is 9.59 Å². The third-order valence-corrected chi connectivity index (χ3v) is 4.00. The molecule has 0 aromatic rings. The van der Waals surface area contributed by atoms with E-state index in [0.29, 0.717) is 13.0 Å². The van der Waals surface area contributed by atoms with E-state index in [1.165, 1.54) is 51.4 Å². The second-order valence-electron chi connectivity index (χ2n) is 6.29. The summed E-state index contributed by atoms with van der Waals surface area (Å²) in [5, 5.41) is 2.50. The van der Waals surface area contributed by atoms with Gasteiger partial charge in [-0.2, -0.15) is 0 Å². The van der Waals surface area contributed by atoms with Gasteiger partial charge in [-0.25, -0.2) is 9.59 Å². The van der Waals surface area contributed by atoms with Gasteiger partial charge in [0.15, 0.2) is 0 Å². The first-order valence-corrected chi connectivity index (χ1v) is 9.86. The fourth-order valence-electron chi connectivity index (χ4n) is 2.56. The molecule has 0 spiro atoms. The fraction of sp³-hybridized carbons (Fsp3) is 0.800. The Hall–Kier alpha value is -1.52. The van der Waals surface area contributed by atoms with Gasteiger partial charge in [-0.1, -0.05) is 70.8 Å². The quantitative estimate of drug-likeness (QED) is 0.236. The van der Waals surface area contributed by atoms with E-state index < -0.39 is 18.1 Å². The Kier molecular flexibility index (Phi) is 16.3. The predicted octanol–water partition coefficient (Wildman–Crippen LogP) is 5.14. The highest BCUT2D eigenvalue weighted by Gasteiger charge is 2.21. The Bertz CT molecular complexity index is 358. The molecule has 0 rings (SSSR count). The van der Waals surface area contributed by atoms with Crippen LogP contribution >= 0.6 is 0 Å². The molecule has 1 N–H and O–H groups in total. The van der Waals surface area contributed by atoms with E-state index in [0.717, 1.165) is 12.8 Å². The van der Waals surface area contributed by atoms with Gasteiger partial charge in [0, 0.05) is 0 Å². The maximum Gasteiger partial charge on any atom is 0.407 e. The lowest BCUT2D eigenvalue weighted by atomic mass is 10.1. The second kappa shape index (κ2) is 17.3. The summed E-state index contributed by atoms with van der Waals surface area (Å²) < 4.78 is 10.0. The predicted molar refractivity (Wildman–Crippen MR) is 102 cm³/mol. The van der Waals surface area contributed by atoms with Crippen molar-refractivity contribution < 1.29 is 19.1 Å². The van der Waals surface area contributed by atoms with Crippen molar-refractivity contribution in [3.05, 3.63) is 12.7 Å². The van der Waals surface area contributed by atoms with Crippen LogP contribution in [0.2, 0.25) is 0 Å². The van der Waals surface area contributed by atoms with Gasteiger partial charge in [-0.05, 0) is 19.8 Å². The summed E-state index contributed by atoms with van der Waals surface area (Å²) >= 11 is 0. The highest BCUT2D eigenvalue weighted by Crippen LogP contribution is 2.10. The van der Waals surface area contributed by atoms with Crippen LogP contribution < -0.4 is 5.32 Å². The minimum absolute atomic E-state index is 0.264. The zero-order valence-electron chi connectivity index (χ0n) is 16.2. The first-order chi connectivity index (χ1) is 12.2. The van der Waals surface area contributed by atoms with Crippen molar-refractivity contribution in [3.8, 4) is 0 Å². The van der Waals surface area contributed by atoms with Crippen molar-refractivity contribution >= 4 is 12.1 Å². The van der Waals surface area contributed by atoms with Crippen molar-refractivity contribution in [1.29, 1.82) is 0 Å². The molecule has 5 nitrogen and oxygen atoms in total. The van der Waals surface area contributed by atoms with E-state index in [1.54, 1.807) is 13.0 Å². The fourth-order valence-corrected chi connectivity index (χ4v) is 2.56. The first-order valence-electron chi connectivity index (χ1n) is 9.86. The summed E-state index contributed by atoms with van der Waals surface area (Å²) in [5.41, 5.74) is 0. The lowest BCUT2D eigenvalue weighted by Crippen LogP contribution is -2.41. The van der Waals surface area contributed by atoms with Gasteiger partial charge in [0.05, 0.1) is 13.2 Å². The molecule has 0 radical (unpaired) electrons. The number of hydrogen-bond acceptors (Lipinski definition) is 4. The largest absolute Gasteiger partial charge is 0.464 e. The normalized spacial score (nSPS) is 11.6. The van der Waals surface area contributed by atoms with Crippen molar-refractivity contribution in [2.75, 3.05) is 13.2 Å². The number of carbonyl (C=O) groups excluding carboxylic acids is 2. The maximum absolute atomic E-state index is 12.0. The Morgan fingerprint density at radius 2 is 1.48 bits per heavy atom. The van der Waals surface area contributed by atoms with Gasteiger partial charge in [-0.3, -0.25) is 0 Å². The van der Waals surface area contributed by atoms with Crippen LogP contribution in [-0.4, -0.2) is 31.3 Å². The Morgan fingerprint density at radius 1 is 0.920 bits per heavy atom. The topological polar surface area (TPSA) is 64.6 Å². The number of unbranched alkanes of at least 4 members (excludes halogenated alkanes) is 9. The molecule has 1 atom stereocenters. The lowest BCUT2D eigenvalue weighted by Gasteiger charge is -2.15. The van der Waals surface area contributed by atoms with Gasteiger partial charge in [0.1, 0.15) is 6.04 Å². The van der Waals surface area contributed by atoms with E-state index in [-0.39, 0.29) is 6.61 Å². The van der Waals surface area contributed by atoms with Crippen LogP contribution in [0.3, 0.4) is 0 Å². The van der Waals surface area contributed by atoms with Crippen LogP contribution in [0.15, 0.2) is 12.7 Å². The molecule has 25 heavy (non-hydrogen) atoms. The van der Waals surface area contributed by atoms with Gasteiger partial charge in [0.25, 0.3) is 0 Å². The summed E-state index contributed by atoms with van der Waals surface area (Å²) in [4.78, 5) is 23.4. The number of alkyl carbamates (subject to hydrolysis) is 1. The minimum atomic E-state index is -0.723. The molecule has 0 bridgehead atoms. The molecule has 0 aromatic carbocycles. The minimum Gasteiger partial charge on any atom is -0.464 e. The summed E-state index contributed by atoms with van der Waals surface area (Å²) in [6.07, 6.45) is 13.7. The average molecular weight is 356 g/mol. The molecule has 0 aliphatic rings. The zero-order valence-corrected chi connectivity index (χ0v) is 16.2. The van der Waals surface area contributed by atoms with Crippen molar-refractivity contribution in [1.82, 2.24) is 5.32 Å². The van der Waals surface area contributed by atoms with E-state index in [1.807, 2.05) is 0 Å². The van der Waals surface area contributed by atoms with Crippen molar-refractivity contribution in [3.63, 3.8) is 0 Å². The molecule has 5 heteroatoms. The lowest BCUT2D eigenvalue weighted by molar-refractivity contribution is -0.146. The molecule has 0 aliphatic carbocycles. The molecular formula is C20H37NO4. The second-order valence-corrected chi connectivity index (χ2v) is 6.29. The van der Waals surface area contributed by atoms with E-state index in [4.69, 9.17) is 9.47 Å². The Balaban J connectivity index is 3.68. The first kappa shape index (κ1) is 23.5. The summed E-state index contributed by atoms with van der Waals surface area (Å²) in [7, 11) is 0. The zero-order chi connectivity index (χ0) is 18.8. The SMILES string of the molecule is C=CCC(NC(=O)OCC)C(=O)OCCCCCCCCCCCC. The number of carbonyl (C=O) groups is 2. The monoisotopic (exact) mass is 355 g/mol. The van der Waals surface area contributed by atoms with Crippen LogP contribution in [-0.2, 0) is 14.3 Å². The van der Waals surface area contributed by atoms with Crippen molar-refractivity contribution in [2.24, 2.45) is 0 Å². The molecule has 0 saturated heterocycles. The number of hydrogen-bond donors (Lipinski definition) is 1. The molecule has 146 valence electrons. The summed E-state index contributed by atoms with van der Waals surface area (Å²) in [5.74, 6) is -0.427. The third-order valence-electron chi connectivity index (χ3n) is 4.00. The van der Waals surface area contributed by atoms with Crippen LogP contribution in [0.1, 0.15) is 84.5 Å². The number of amides is 1.